The highest BCUT2D eigenvalue weighted by atomic mass is 35.5. The summed E-state index contributed by atoms with van der Waals surface area (Å²) < 4.78 is 10.8. The molecule has 2 atom stereocenters. The second-order valence-electron chi connectivity index (χ2n) is 9.22. The van der Waals surface area contributed by atoms with E-state index < -0.39 is 0 Å². The summed E-state index contributed by atoms with van der Waals surface area (Å²) in [5, 5.41) is 3.96. The van der Waals surface area contributed by atoms with Crippen LogP contribution < -0.4 is 14.8 Å². The molecule has 7 nitrogen and oxygen atoms in total. The lowest BCUT2D eigenvalue weighted by atomic mass is 10.0. The van der Waals surface area contributed by atoms with E-state index in [0.29, 0.717) is 64.1 Å². The van der Waals surface area contributed by atoms with Gasteiger partial charge in [0.05, 0.1) is 19.2 Å². The van der Waals surface area contributed by atoms with E-state index in [0.717, 1.165) is 31.6 Å². The first kappa shape index (κ1) is 25.6. The second-order valence-corrected chi connectivity index (χ2v) is 10.0. The molecular formula is C26H31Cl2N3O4. The number of aryl methyl sites for hydroxylation is 1. The van der Waals surface area contributed by atoms with Gasteiger partial charge in [-0.05, 0) is 61.6 Å². The number of ether oxygens (including phenoxy) is 2. The SMILES string of the molecule is COc1ccc(Cl)c(OC)c1C(=O)N1CC2CN(CCCNC(=O)c3ccc(C)c(Cl)c3)CC2C1. The van der Waals surface area contributed by atoms with Gasteiger partial charge in [0.25, 0.3) is 11.8 Å². The number of rotatable bonds is 8. The average Bonchev–Trinajstić information content (AvgIpc) is 3.41. The predicted octanol–water partition coefficient (Wildman–Crippen LogP) is 4.14. The lowest BCUT2D eigenvalue weighted by Gasteiger charge is -2.23. The molecule has 2 amide bonds. The molecule has 2 saturated heterocycles. The summed E-state index contributed by atoms with van der Waals surface area (Å²) in [6, 6.07) is 8.72. The molecule has 35 heavy (non-hydrogen) atoms. The Kier molecular flexibility index (Phi) is 8.09. The minimum atomic E-state index is -0.110. The largest absolute Gasteiger partial charge is 0.496 e. The molecule has 2 fully saturated rings. The Balaban J connectivity index is 1.25. The van der Waals surface area contributed by atoms with E-state index >= 15 is 0 Å². The Morgan fingerprint density at radius 1 is 1.00 bits per heavy atom. The zero-order valence-corrected chi connectivity index (χ0v) is 21.8. The number of carbonyl (C=O) groups is 2. The summed E-state index contributed by atoms with van der Waals surface area (Å²) in [6.45, 7) is 6.71. The summed E-state index contributed by atoms with van der Waals surface area (Å²) in [5.74, 6) is 1.46. The smallest absolute Gasteiger partial charge is 0.261 e. The van der Waals surface area contributed by atoms with Gasteiger partial charge in [-0.15, -0.1) is 0 Å². The van der Waals surface area contributed by atoms with Crippen molar-refractivity contribution in [1.82, 2.24) is 15.1 Å². The first-order valence-corrected chi connectivity index (χ1v) is 12.5. The number of amides is 2. The first-order valence-electron chi connectivity index (χ1n) is 11.8. The highest BCUT2D eigenvalue weighted by Crippen LogP contribution is 2.38. The highest BCUT2D eigenvalue weighted by Gasteiger charge is 2.42. The monoisotopic (exact) mass is 519 g/mol. The van der Waals surface area contributed by atoms with Crippen LogP contribution in [0.15, 0.2) is 30.3 Å². The Bertz CT molecular complexity index is 1100. The number of fused-ring (bicyclic) bond motifs is 1. The number of hydrogen-bond donors (Lipinski definition) is 1. The molecule has 2 aliphatic heterocycles. The predicted molar refractivity (Wildman–Crippen MR) is 137 cm³/mol. The average molecular weight is 520 g/mol. The first-order chi connectivity index (χ1) is 16.8. The quantitative estimate of drug-likeness (QED) is 0.530. The van der Waals surface area contributed by atoms with Crippen molar-refractivity contribution in [2.75, 3.05) is 53.5 Å². The van der Waals surface area contributed by atoms with Crippen molar-refractivity contribution in [3.05, 3.63) is 57.1 Å². The van der Waals surface area contributed by atoms with Crippen molar-refractivity contribution in [3.8, 4) is 11.5 Å². The molecule has 0 saturated carbocycles. The Labute approximate surface area is 216 Å². The van der Waals surface area contributed by atoms with Crippen LogP contribution in [-0.2, 0) is 0 Å². The standard InChI is InChI=1S/C26H31Cl2N3O4/c1-16-5-6-17(11-21(16)28)25(32)29-9-4-10-30-12-18-14-31(15-19(18)13-30)26(33)23-22(34-2)8-7-20(27)24(23)35-3/h5-8,11,18-19H,4,9-10,12-15H2,1-3H3,(H,29,32). The van der Waals surface area contributed by atoms with Gasteiger partial charge < -0.3 is 24.6 Å². The van der Waals surface area contributed by atoms with Crippen LogP contribution in [0.2, 0.25) is 10.0 Å². The molecule has 2 heterocycles. The number of methoxy groups -OCH3 is 2. The van der Waals surface area contributed by atoms with E-state index in [9.17, 15) is 9.59 Å². The summed E-state index contributed by atoms with van der Waals surface area (Å²) in [6.07, 6.45) is 0.865. The molecule has 0 radical (unpaired) electrons. The summed E-state index contributed by atoms with van der Waals surface area (Å²) in [7, 11) is 3.04. The molecule has 2 aromatic carbocycles. The number of hydrogen-bond acceptors (Lipinski definition) is 5. The molecular weight excluding hydrogens is 489 g/mol. The van der Waals surface area contributed by atoms with Gasteiger partial charge in [-0.3, -0.25) is 9.59 Å². The van der Waals surface area contributed by atoms with Crippen LogP contribution in [0.1, 0.15) is 32.7 Å². The van der Waals surface area contributed by atoms with Gasteiger partial charge in [0.15, 0.2) is 5.75 Å². The van der Waals surface area contributed by atoms with Crippen molar-refractivity contribution in [1.29, 1.82) is 0 Å². The Morgan fingerprint density at radius 3 is 2.34 bits per heavy atom. The number of halogens is 2. The van der Waals surface area contributed by atoms with Crippen LogP contribution >= 0.6 is 23.2 Å². The number of nitrogens with zero attached hydrogens (tertiary/aromatic N) is 2. The third-order valence-corrected chi connectivity index (χ3v) is 7.63. The van der Waals surface area contributed by atoms with E-state index in [4.69, 9.17) is 32.7 Å². The third kappa shape index (κ3) is 5.52. The zero-order chi connectivity index (χ0) is 25.1. The Morgan fingerprint density at radius 2 is 1.71 bits per heavy atom. The Hall–Kier alpha value is -2.48. The van der Waals surface area contributed by atoms with E-state index in [-0.39, 0.29) is 11.8 Å². The van der Waals surface area contributed by atoms with E-state index in [1.54, 1.807) is 24.3 Å². The van der Waals surface area contributed by atoms with Gasteiger partial charge in [0, 0.05) is 43.3 Å². The molecule has 4 rings (SSSR count). The number of likely N-dealkylation sites (tertiary alicyclic amines) is 2. The summed E-state index contributed by atoms with van der Waals surface area (Å²) in [5.41, 5.74) is 1.91. The van der Waals surface area contributed by atoms with Gasteiger partial charge in [-0.25, -0.2) is 0 Å². The van der Waals surface area contributed by atoms with Gasteiger partial charge in [0.1, 0.15) is 11.3 Å². The van der Waals surface area contributed by atoms with Crippen LogP contribution in [0.5, 0.6) is 11.5 Å². The molecule has 1 N–H and O–H groups in total. The molecule has 0 spiro atoms. The van der Waals surface area contributed by atoms with Crippen molar-refractivity contribution in [3.63, 3.8) is 0 Å². The van der Waals surface area contributed by atoms with Crippen LogP contribution in [0.4, 0.5) is 0 Å². The zero-order valence-electron chi connectivity index (χ0n) is 20.3. The molecule has 2 aliphatic rings. The number of benzene rings is 2. The summed E-state index contributed by atoms with van der Waals surface area (Å²) in [4.78, 5) is 30.0. The molecule has 2 unspecified atom stereocenters. The molecule has 0 aliphatic carbocycles. The minimum absolute atomic E-state index is 0.105. The van der Waals surface area contributed by atoms with Crippen LogP contribution in [0.3, 0.4) is 0 Å². The fourth-order valence-corrected chi connectivity index (χ4v) is 5.46. The van der Waals surface area contributed by atoms with Crippen molar-refractivity contribution < 1.29 is 19.1 Å². The fraction of sp³-hybridized carbons (Fsp3) is 0.462. The van der Waals surface area contributed by atoms with Crippen LogP contribution in [0, 0.1) is 18.8 Å². The maximum atomic E-state index is 13.3. The third-order valence-electron chi connectivity index (χ3n) is 6.93. The maximum absolute atomic E-state index is 13.3. The van der Waals surface area contributed by atoms with Crippen molar-refractivity contribution in [2.45, 2.75) is 13.3 Å². The topological polar surface area (TPSA) is 71.1 Å². The van der Waals surface area contributed by atoms with Crippen LogP contribution in [-0.4, -0.2) is 75.1 Å². The van der Waals surface area contributed by atoms with Gasteiger partial charge in [-0.2, -0.15) is 0 Å². The number of nitrogens with one attached hydrogen (secondary N) is 1. The lowest BCUT2D eigenvalue weighted by Crippen LogP contribution is -2.34. The van der Waals surface area contributed by atoms with Crippen LogP contribution in [0.25, 0.3) is 0 Å². The molecule has 0 bridgehead atoms. The molecule has 188 valence electrons. The normalized spacial score (nSPS) is 19.5. The highest BCUT2D eigenvalue weighted by molar-refractivity contribution is 6.33. The summed E-state index contributed by atoms with van der Waals surface area (Å²) >= 11 is 12.4. The van der Waals surface area contributed by atoms with Gasteiger partial charge >= 0.3 is 0 Å². The minimum Gasteiger partial charge on any atom is -0.496 e. The maximum Gasteiger partial charge on any atom is 0.261 e. The fourth-order valence-electron chi connectivity index (χ4n) is 5.05. The van der Waals surface area contributed by atoms with E-state index in [1.165, 1.54) is 14.2 Å². The van der Waals surface area contributed by atoms with Gasteiger partial charge in [-0.1, -0.05) is 29.3 Å². The molecule has 9 heteroatoms. The van der Waals surface area contributed by atoms with Gasteiger partial charge in [0.2, 0.25) is 0 Å². The molecule has 0 aromatic heterocycles. The van der Waals surface area contributed by atoms with E-state index in [1.807, 2.05) is 17.9 Å². The number of carbonyl (C=O) groups excluding carboxylic acids is 2. The lowest BCUT2D eigenvalue weighted by molar-refractivity contribution is 0.0767. The van der Waals surface area contributed by atoms with E-state index in [2.05, 4.69) is 10.2 Å². The molecule has 2 aromatic rings. The second kappa shape index (κ2) is 11.1. The van der Waals surface area contributed by atoms with Crippen molar-refractivity contribution >= 4 is 35.0 Å². The van der Waals surface area contributed by atoms with Crippen molar-refractivity contribution in [2.24, 2.45) is 11.8 Å².